The Morgan fingerprint density at radius 2 is 2.00 bits per heavy atom. The van der Waals surface area contributed by atoms with E-state index in [9.17, 15) is 4.39 Å². The van der Waals surface area contributed by atoms with Crippen molar-refractivity contribution in [2.24, 2.45) is 5.92 Å². The van der Waals surface area contributed by atoms with Crippen molar-refractivity contribution in [2.75, 3.05) is 0 Å². The molecule has 0 atom stereocenters. The summed E-state index contributed by atoms with van der Waals surface area (Å²) in [5.41, 5.74) is 1.85. The molecule has 0 aromatic heterocycles. The van der Waals surface area contributed by atoms with Crippen molar-refractivity contribution in [1.82, 2.24) is 0 Å². The van der Waals surface area contributed by atoms with E-state index in [4.69, 9.17) is 0 Å². The van der Waals surface area contributed by atoms with Crippen molar-refractivity contribution in [3.05, 3.63) is 35.1 Å². The van der Waals surface area contributed by atoms with Gasteiger partial charge in [-0.05, 0) is 42.9 Å². The minimum atomic E-state index is -0.0768. The summed E-state index contributed by atoms with van der Waals surface area (Å²) in [5.74, 6) is 0.664. The minimum Gasteiger partial charge on any atom is -0.207 e. The van der Waals surface area contributed by atoms with Crippen LogP contribution < -0.4 is 0 Å². The van der Waals surface area contributed by atoms with Gasteiger partial charge in [0, 0.05) is 0 Å². The number of hydrogen-bond acceptors (Lipinski definition) is 0. The minimum absolute atomic E-state index is 0.0768. The first kappa shape index (κ1) is 11.2. The van der Waals surface area contributed by atoms with Gasteiger partial charge in [-0.15, -0.1) is 0 Å². The van der Waals surface area contributed by atoms with E-state index in [1.807, 2.05) is 12.1 Å². The number of hydrogen-bond donors (Lipinski definition) is 0. The molecule has 0 saturated carbocycles. The van der Waals surface area contributed by atoms with E-state index in [1.54, 1.807) is 13.0 Å². The molecule has 0 nitrogen and oxygen atoms in total. The lowest BCUT2D eigenvalue weighted by atomic mass is 10.0. The highest BCUT2D eigenvalue weighted by molar-refractivity contribution is 5.23. The molecule has 0 spiro atoms. The third kappa shape index (κ3) is 3.49. The van der Waals surface area contributed by atoms with Gasteiger partial charge in [0.2, 0.25) is 0 Å². The normalized spacial score (nSPS) is 10.9. The molecule has 0 aliphatic rings. The van der Waals surface area contributed by atoms with Gasteiger partial charge in [0.15, 0.2) is 0 Å². The second-order valence-corrected chi connectivity index (χ2v) is 4.37. The van der Waals surface area contributed by atoms with Crippen LogP contribution in [0.25, 0.3) is 0 Å². The zero-order chi connectivity index (χ0) is 10.6. The quantitative estimate of drug-likeness (QED) is 0.676. The Bertz CT molecular complexity index is 289. The van der Waals surface area contributed by atoms with Crippen LogP contribution in [0.4, 0.5) is 4.39 Å². The lowest BCUT2D eigenvalue weighted by Gasteiger charge is -2.05. The molecule has 0 bridgehead atoms. The Labute approximate surface area is 86.2 Å². The molecule has 1 heteroatoms. The molecule has 0 fully saturated rings. The van der Waals surface area contributed by atoms with E-state index in [0.717, 1.165) is 29.9 Å². The molecular formula is C13H19F. The SMILES string of the molecule is Cc1ccc(CCCC(C)C)cc1F. The van der Waals surface area contributed by atoms with E-state index in [0.29, 0.717) is 0 Å². The monoisotopic (exact) mass is 194 g/mol. The summed E-state index contributed by atoms with van der Waals surface area (Å²) in [6, 6.07) is 5.55. The average molecular weight is 194 g/mol. The second-order valence-electron chi connectivity index (χ2n) is 4.37. The summed E-state index contributed by atoms with van der Waals surface area (Å²) in [6.45, 7) is 6.23. The maximum Gasteiger partial charge on any atom is 0.126 e. The molecule has 0 aliphatic heterocycles. The highest BCUT2D eigenvalue weighted by atomic mass is 19.1. The van der Waals surface area contributed by atoms with Gasteiger partial charge in [-0.3, -0.25) is 0 Å². The third-order valence-corrected chi connectivity index (χ3v) is 2.48. The van der Waals surface area contributed by atoms with Crippen LogP contribution in [0.2, 0.25) is 0 Å². The molecule has 0 unspecified atom stereocenters. The first-order valence-corrected chi connectivity index (χ1v) is 5.34. The zero-order valence-electron chi connectivity index (χ0n) is 9.31. The average Bonchev–Trinajstić information content (AvgIpc) is 2.10. The van der Waals surface area contributed by atoms with E-state index < -0.39 is 0 Å². The Hall–Kier alpha value is -0.850. The number of halogens is 1. The standard InChI is InChI=1S/C13H19F/c1-10(2)5-4-6-12-8-7-11(3)13(14)9-12/h7-10H,4-6H2,1-3H3. The summed E-state index contributed by atoms with van der Waals surface area (Å²) in [7, 11) is 0. The van der Waals surface area contributed by atoms with Gasteiger partial charge in [-0.2, -0.15) is 0 Å². The van der Waals surface area contributed by atoms with Gasteiger partial charge in [0.05, 0.1) is 0 Å². The van der Waals surface area contributed by atoms with Crippen molar-refractivity contribution in [3.63, 3.8) is 0 Å². The third-order valence-electron chi connectivity index (χ3n) is 2.48. The zero-order valence-corrected chi connectivity index (χ0v) is 9.31. The van der Waals surface area contributed by atoms with Gasteiger partial charge in [0.1, 0.15) is 5.82 Å². The lowest BCUT2D eigenvalue weighted by molar-refractivity contribution is 0.554. The second kappa shape index (κ2) is 5.14. The van der Waals surface area contributed by atoms with Gasteiger partial charge >= 0.3 is 0 Å². The van der Waals surface area contributed by atoms with Gasteiger partial charge < -0.3 is 0 Å². The van der Waals surface area contributed by atoms with Crippen LogP contribution in [0.5, 0.6) is 0 Å². The van der Waals surface area contributed by atoms with Crippen LogP contribution in [0, 0.1) is 18.7 Å². The predicted octanol–water partition coefficient (Wildman–Crippen LogP) is 4.11. The molecular weight excluding hydrogens is 175 g/mol. The summed E-state index contributed by atoms with van der Waals surface area (Å²) >= 11 is 0. The molecule has 1 aromatic carbocycles. The number of benzene rings is 1. The maximum atomic E-state index is 13.2. The fourth-order valence-electron chi connectivity index (χ4n) is 1.51. The van der Waals surface area contributed by atoms with Crippen molar-refractivity contribution in [2.45, 2.75) is 40.0 Å². The lowest BCUT2D eigenvalue weighted by Crippen LogP contribution is -1.92. The maximum absolute atomic E-state index is 13.2. The van der Waals surface area contributed by atoms with E-state index in [-0.39, 0.29) is 5.82 Å². The highest BCUT2D eigenvalue weighted by Gasteiger charge is 2.00. The first-order chi connectivity index (χ1) is 6.59. The van der Waals surface area contributed by atoms with Crippen molar-refractivity contribution < 1.29 is 4.39 Å². The molecule has 0 amide bonds. The summed E-state index contributed by atoms with van der Waals surface area (Å²) in [4.78, 5) is 0. The van der Waals surface area contributed by atoms with Crippen LogP contribution in [-0.4, -0.2) is 0 Å². The number of rotatable bonds is 4. The van der Waals surface area contributed by atoms with Crippen LogP contribution in [0.1, 0.15) is 37.8 Å². The van der Waals surface area contributed by atoms with Crippen molar-refractivity contribution >= 4 is 0 Å². The summed E-state index contributed by atoms with van der Waals surface area (Å²) in [6.07, 6.45) is 3.37. The smallest absolute Gasteiger partial charge is 0.126 e. The molecule has 1 rings (SSSR count). The number of aryl methyl sites for hydroxylation is 2. The Morgan fingerprint density at radius 1 is 1.29 bits per heavy atom. The fourth-order valence-corrected chi connectivity index (χ4v) is 1.51. The topological polar surface area (TPSA) is 0 Å². The van der Waals surface area contributed by atoms with Crippen molar-refractivity contribution in [1.29, 1.82) is 0 Å². The largest absolute Gasteiger partial charge is 0.207 e. The molecule has 1 aromatic rings. The van der Waals surface area contributed by atoms with Gasteiger partial charge in [-0.25, -0.2) is 4.39 Å². The Balaban J connectivity index is 2.47. The van der Waals surface area contributed by atoms with E-state index in [2.05, 4.69) is 13.8 Å². The van der Waals surface area contributed by atoms with Crippen LogP contribution in [0.15, 0.2) is 18.2 Å². The van der Waals surface area contributed by atoms with E-state index >= 15 is 0 Å². The highest BCUT2D eigenvalue weighted by Crippen LogP contribution is 2.13. The molecule has 0 radical (unpaired) electrons. The predicted molar refractivity (Wildman–Crippen MR) is 58.9 cm³/mol. The van der Waals surface area contributed by atoms with Crippen LogP contribution in [-0.2, 0) is 6.42 Å². The molecule has 0 N–H and O–H groups in total. The molecule has 0 saturated heterocycles. The first-order valence-electron chi connectivity index (χ1n) is 5.34. The van der Waals surface area contributed by atoms with Crippen LogP contribution in [0.3, 0.4) is 0 Å². The summed E-state index contributed by atoms with van der Waals surface area (Å²) < 4.78 is 13.2. The molecule has 78 valence electrons. The van der Waals surface area contributed by atoms with Crippen molar-refractivity contribution in [3.8, 4) is 0 Å². The molecule has 0 aliphatic carbocycles. The van der Waals surface area contributed by atoms with Crippen LogP contribution >= 0.6 is 0 Å². The fraction of sp³-hybridized carbons (Fsp3) is 0.538. The summed E-state index contributed by atoms with van der Waals surface area (Å²) in [5, 5.41) is 0. The van der Waals surface area contributed by atoms with Gasteiger partial charge in [-0.1, -0.05) is 32.4 Å². The molecule has 14 heavy (non-hydrogen) atoms. The molecule has 0 heterocycles. The van der Waals surface area contributed by atoms with E-state index in [1.165, 1.54) is 6.42 Å². The Morgan fingerprint density at radius 3 is 2.57 bits per heavy atom. The van der Waals surface area contributed by atoms with Gasteiger partial charge in [0.25, 0.3) is 0 Å². The Kier molecular flexibility index (Phi) is 4.12.